The first-order chi connectivity index (χ1) is 10.6. The standard InChI is InChI=1S/C14H14FN3O3S/c15-11-1-3-12(4-2-11)22(19,20)18-7-8-21-14(10-18)13-9-16-5-6-17-13/h1-6,9,14H,7-8,10H2/t14-/m1/s1. The van der Waals surface area contributed by atoms with Crippen LogP contribution in [0.5, 0.6) is 0 Å². The van der Waals surface area contributed by atoms with Crippen LogP contribution in [0, 0.1) is 5.82 Å². The SMILES string of the molecule is O=S(=O)(c1ccc(F)cc1)N1CCO[C@@H](c2cnccn2)C1. The molecular formula is C14H14FN3O3S. The van der Waals surface area contributed by atoms with Gasteiger partial charge in [-0.1, -0.05) is 0 Å². The van der Waals surface area contributed by atoms with Crippen molar-refractivity contribution >= 4 is 10.0 Å². The number of benzene rings is 1. The summed E-state index contributed by atoms with van der Waals surface area (Å²) in [6, 6.07) is 4.79. The molecule has 0 saturated carbocycles. The summed E-state index contributed by atoms with van der Waals surface area (Å²) in [5, 5.41) is 0. The van der Waals surface area contributed by atoms with Crippen molar-refractivity contribution in [3.8, 4) is 0 Å². The van der Waals surface area contributed by atoms with E-state index in [4.69, 9.17) is 4.74 Å². The maximum atomic E-state index is 13.0. The average Bonchev–Trinajstić information content (AvgIpc) is 2.56. The molecule has 1 atom stereocenters. The molecule has 116 valence electrons. The van der Waals surface area contributed by atoms with Gasteiger partial charge in [0, 0.05) is 25.5 Å². The summed E-state index contributed by atoms with van der Waals surface area (Å²) >= 11 is 0. The summed E-state index contributed by atoms with van der Waals surface area (Å²) in [4.78, 5) is 8.17. The topological polar surface area (TPSA) is 72.4 Å². The van der Waals surface area contributed by atoms with Crippen molar-refractivity contribution in [2.75, 3.05) is 19.7 Å². The lowest BCUT2D eigenvalue weighted by Crippen LogP contribution is -2.42. The molecule has 0 N–H and O–H groups in total. The minimum absolute atomic E-state index is 0.0636. The van der Waals surface area contributed by atoms with E-state index in [2.05, 4.69) is 9.97 Å². The van der Waals surface area contributed by atoms with Gasteiger partial charge < -0.3 is 4.74 Å². The van der Waals surface area contributed by atoms with Crippen molar-refractivity contribution < 1.29 is 17.5 Å². The summed E-state index contributed by atoms with van der Waals surface area (Å²) in [7, 11) is -3.68. The lowest BCUT2D eigenvalue weighted by molar-refractivity contribution is -0.00514. The molecule has 6 nitrogen and oxygen atoms in total. The lowest BCUT2D eigenvalue weighted by atomic mass is 10.2. The monoisotopic (exact) mass is 323 g/mol. The lowest BCUT2D eigenvalue weighted by Gasteiger charge is -2.31. The van der Waals surface area contributed by atoms with Gasteiger partial charge in [0.1, 0.15) is 11.9 Å². The quantitative estimate of drug-likeness (QED) is 0.853. The molecule has 8 heteroatoms. The van der Waals surface area contributed by atoms with Gasteiger partial charge in [0.15, 0.2) is 0 Å². The highest BCUT2D eigenvalue weighted by atomic mass is 32.2. The normalized spacial score (nSPS) is 20.0. The number of hydrogen-bond acceptors (Lipinski definition) is 5. The number of rotatable bonds is 3. The third-order valence-corrected chi connectivity index (χ3v) is 5.27. The van der Waals surface area contributed by atoms with Gasteiger partial charge in [-0.05, 0) is 24.3 Å². The predicted octanol–water partition coefficient (Wildman–Crippen LogP) is 1.38. The second-order valence-corrected chi connectivity index (χ2v) is 6.74. The fourth-order valence-electron chi connectivity index (χ4n) is 2.26. The summed E-state index contributed by atoms with van der Waals surface area (Å²) in [6.45, 7) is 0.663. The number of hydrogen-bond donors (Lipinski definition) is 0. The first kappa shape index (κ1) is 15.0. The van der Waals surface area contributed by atoms with Crippen LogP contribution in [0.4, 0.5) is 4.39 Å². The maximum Gasteiger partial charge on any atom is 0.243 e. The van der Waals surface area contributed by atoms with Gasteiger partial charge in [-0.3, -0.25) is 9.97 Å². The van der Waals surface area contributed by atoms with Crippen LogP contribution >= 0.6 is 0 Å². The minimum atomic E-state index is -3.68. The fraction of sp³-hybridized carbons (Fsp3) is 0.286. The van der Waals surface area contributed by atoms with E-state index >= 15 is 0 Å². The summed E-state index contributed by atoms with van der Waals surface area (Å²) < 4.78 is 45.0. The zero-order valence-electron chi connectivity index (χ0n) is 11.6. The van der Waals surface area contributed by atoms with E-state index in [0.717, 1.165) is 12.1 Å². The number of halogens is 1. The number of sulfonamides is 1. The first-order valence-electron chi connectivity index (χ1n) is 6.70. The third-order valence-electron chi connectivity index (χ3n) is 3.39. The van der Waals surface area contributed by atoms with Gasteiger partial charge in [0.25, 0.3) is 0 Å². The van der Waals surface area contributed by atoms with Crippen molar-refractivity contribution in [2.24, 2.45) is 0 Å². The Morgan fingerprint density at radius 1 is 1.23 bits per heavy atom. The van der Waals surface area contributed by atoms with E-state index in [-0.39, 0.29) is 24.6 Å². The van der Waals surface area contributed by atoms with Crippen LogP contribution in [-0.2, 0) is 14.8 Å². The molecule has 3 rings (SSSR count). The minimum Gasteiger partial charge on any atom is -0.369 e. The van der Waals surface area contributed by atoms with E-state index in [9.17, 15) is 12.8 Å². The highest BCUT2D eigenvalue weighted by molar-refractivity contribution is 7.89. The van der Waals surface area contributed by atoms with Crippen LogP contribution in [0.3, 0.4) is 0 Å². The molecular weight excluding hydrogens is 309 g/mol. The maximum absolute atomic E-state index is 13.0. The van der Waals surface area contributed by atoms with Gasteiger partial charge in [0.2, 0.25) is 10.0 Å². The van der Waals surface area contributed by atoms with Crippen LogP contribution in [0.2, 0.25) is 0 Å². The second kappa shape index (κ2) is 6.07. The Hall–Kier alpha value is -1.90. The first-order valence-corrected chi connectivity index (χ1v) is 8.14. The van der Waals surface area contributed by atoms with Crippen molar-refractivity contribution in [3.63, 3.8) is 0 Å². The number of morpholine rings is 1. The Morgan fingerprint density at radius 3 is 2.68 bits per heavy atom. The molecule has 0 radical (unpaired) electrons. The third kappa shape index (κ3) is 2.99. The van der Waals surface area contributed by atoms with Gasteiger partial charge in [-0.15, -0.1) is 0 Å². The molecule has 0 aliphatic carbocycles. The molecule has 1 aromatic carbocycles. The largest absolute Gasteiger partial charge is 0.369 e. The molecule has 2 aromatic rings. The van der Waals surface area contributed by atoms with E-state index < -0.39 is 21.9 Å². The van der Waals surface area contributed by atoms with E-state index in [1.54, 1.807) is 12.4 Å². The smallest absolute Gasteiger partial charge is 0.243 e. The molecule has 1 aromatic heterocycles. The van der Waals surface area contributed by atoms with Crippen molar-refractivity contribution in [1.82, 2.24) is 14.3 Å². The molecule has 0 bridgehead atoms. The number of nitrogens with zero attached hydrogens (tertiary/aromatic N) is 3. The molecule has 0 unspecified atom stereocenters. The van der Waals surface area contributed by atoms with E-state index in [1.807, 2.05) is 0 Å². The number of aromatic nitrogens is 2. The van der Waals surface area contributed by atoms with Crippen LogP contribution in [0.15, 0.2) is 47.8 Å². The Morgan fingerprint density at radius 2 is 2.00 bits per heavy atom. The molecule has 1 aliphatic heterocycles. The molecule has 1 saturated heterocycles. The van der Waals surface area contributed by atoms with Crippen LogP contribution in [0.1, 0.15) is 11.8 Å². The fourth-order valence-corrected chi connectivity index (χ4v) is 3.68. The highest BCUT2D eigenvalue weighted by Crippen LogP contribution is 2.25. The summed E-state index contributed by atoms with van der Waals surface area (Å²) in [6.07, 6.45) is 4.17. The van der Waals surface area contributed by atoms with Gasteiger partial charge in [-0.25, -0.2) is 12.8 Å². The zero-order chi connectivity index (χ0) is 15.6. The summed E-state index contributed by atoms with van der Waals surface area (Å²) in [5.41, 5.74) is 0.585. The number of ether oxygens (including phenoxy) is 1. The Kier molecular flexibility index (Phi) is 4.14. The van der Waals surface area contributed by atoms with Gasteiger partial charge >= 0.3 is 0 Å². The Bertz CT molecular complexity index is 738. The second-order valence-electron chi connectivity index (χ2n) is 4.81. The summed E-state index contributed by atoms with van der Waals surface area (Å²) in [5.74, 6) is -0.474. The molecule has 0 amide bonds. The van der Waals surface area contributed by atoms with Crippen molar-refractivity contribution in [3.05, 3.63) is 54.4 Å². The van der Waals surface area contributed by atoms with Gasteiger partial charge in [0.05, 0.1) is 23.4 Å². The predicted molar refractivity (Wildman–Crippen MR) is 75.9 cm³/mol. The van der Waals surface area contributed by atoms with E-state index in [1.165, 1.54) is 22.6 Å². The van der Waals surface area contributed by atoms with E-state index in [0.29, 0.717) is 5.69 Å². The van der Waals surface area contributed by atoms with Crippen molar-refractivity contribution in [2.45, 2.75) is 11.0 Å². The van der Waals surface area contributed by atoms with Crippen LogP contribution < -0.4 is 0 Å². The highest BCUT2D eigenvalue weighted by Gasteiger charge is 2.32. The van der Waals surface area contributed by atoms with Crippen LogP contribution in [-0.4, -0.2) is 42.4 Å². The molecule has 1 fully saturated rings. The Balaban J connectivity index is 1.83. The Labute approximate surface area is 127 Å². The van der Waals surface area contributed by atoms with Crippen molar-refractivity contribution in [1.29, 1.82) is 0 Å². The molecule has 22 heavy (non-hydrogen) atoms. The molecule has 0 spiro atoms. The molecule has 2 heterocycles. The average molecular weight is 323 g/mol. The van der Waals surface area contributed by atoms with Crippen LogP contribution in [0.25, 0.3) is 0 Å². The molecule has 1 aliphatic rings. The van der Waals surface area contributed by atoms with Gasteiger partial charge in [-0.2, -0.15) is 4.31 Å². The zero-order valence-corrected chi connectivity index (χ0v) is 12.4.